The highest BCUT2D eigenvalue weighted by Crippen LogP contribution is 2.20. The first kappa shape index (κ1) is 15.0. The molecule has 0 saturated carbocycles. The maximum Gasteiger partial charge on any atom is 0.326 e. The van der Waals surface area contributed by atoms with Crippen molar-refractivity contribution in [1.82, 2.24) is 9.55 Å². The zero-order valence-electron chi connectivity index (χ0n) is 12.3. The predicted molar refractivity (Wildman–Crippen MR) is 84.4 cm³/mol. The summed E-state index contributed by atoms with van der Waals surface area (Å²) >= 11 is 0. The zero-order valence-corrected chi connectivity index (χ0v) is 12.3. The molecule has 1 aromatic heterocycles. The Balaban J connectivity index is 1.82. The van der Waals surface area contributed by atoms with E-state index in [2.05, 4.69) is 15.6 Å². The molecule has 0 bridgehead atoms. The molecule has 0 saturated heterocycles. The molecule has 2 N–H and O–H groups in total. The van der Waals surface area contributed by atoms with Crippen LogP contribution in [-0.2, 0) is 6.54 Å². The SMILES string of the molecule is CCn1c(NC(=O)Nc2ccc(F)cc2F)nc2ccccc21. The van der Waals surface area contributed by atoms with Crippen molar-refractivity contribution in [2.75, 3.05) is 10.6 Å². The number of rotatable bonds is 3. The van der Waals surface area contributed by atoms with Crippen molar-refractivity contribution in [1.29, 1.82) is 0 Å². The summed E-state index contributed by atoms with van der Waals surface area (Å²) in [5, 5.41) is 4.92. The van der Waals surface area contributed by atoms with Crippen LogP contribution in [0.15, 0.2) is 42.5 Å². The van der Waals surface area contributed by atoms with E-state index in [0.717, 1.165) is 23.2 Å². The number of benzene rings is 2. The lowest BCUT2D eigenvalue weighted by Crippen LogP contribution is -2.22. The molecule has 118 valence electrons. The van der Waals surface area contributed by atoms with E-state index < -0.39 is 17.7 Å². The summed E-state index contributed by atoms with van der Waals surface area (Å²) in [4.78, 5) is 16.4. The molecule has 0 fully saturated rings. The molecule has 5 nitrogen and oxygen atoms in total. The summed E-state index contributed by atoms with van der Waals surface area (Å²) in [6.07, 6.45) is 0. The van der Waals surface area contributed by atoms with Gasteiger partial charge in [0.2, 0.25) is 5.95 Å². The molecule has 2 aromatic carbocycles. The van der Waals surface area contributed by atoms with E-state index in [0.29, 0.717) is 18.6 Å². The van der Waals surface area contributed by atoms with E-state index in [-0.39, 0.29) is 5.69 Å². The number of imidazole rings is 1. The Morgan fingerprint density at radius 3 is 2.70 bits per heavy atom. The molecule has 23 heavy (non-hydrogen) atoms. The summed E-state index contributed by atoms with van der Waals surface area (Å²) < 4.78 is 28.3. The van der Waals surface area contributed by atoms with Crippen LogP contribution in [0.25, 0.3) is 11.0 Å². The highest BCUT2D eigenvalue weighted by atomic mass is 19.1. The second-order valence-electron chi connectivity index (χ2n) is 4.87. The summed E-state index contributed by atoms with van der Waals surface area (Å²) in [7, 11) is 0. The summed E-state index contributed by atoms with van der Waals surface area (Å²) in [5.74, 6) is -1.20. The van der Waals surface area contributed by atoms with Gasteiger partial charge in [0.15, 0.2) is 0 Å². The average Bonchev–Trinajstić information content (AvgIpc) is 2.87. The first-order valence-corrected chi connectivity index (χ1v) is 7.07. The van der Waals surface area contributed by atoms with Gasteiger partial charge < -0.3 is 9.88 Å². The van der Waals surface area contributed by atoms with Crippen LogP contribution >= 0.6 is 0 Å². The summed E-state index contributed by atoms with van der Waals surface area (Å²) in [6, 6.07) is 9.75. The van der Waals surface area contributed by atoms with Crippen LogP contribution in [-0.4, -0.2) is 15.6 Å². The lowest BCUT2D eigenvalue weighted by molar-refractivity contribution is 0.262. The second-order valence-corrected chi connectivity index (χ2v) is 4.87. The fourth-order valence-electron chi connectivity index (χ4n) is 2.34. The number of amides is 2. The van der Waals surface area contributed by atoms with Gasteiger partial charge in [0.1, 0.15) is 11.6 Å². The molecule has 0 unspecified atom stereocenters. The summed E-state index contributed by atoms with van der Waals surface area (Å²) in [6.45, 7) is 2.54. The van der Waals surface area contributed by atoms with E-state index in [1.807, 2.05) is 35.8 Å². The van der Waals surface area contributed by atoms with Crippen LogP contribution in [0.1, 0.15) is 6.92 Å². The number of hydrogen-bond donors (Lipinski definition) is 2. The Kier molecular flexibility index (Phi) is 3.92. The van der Waals surface area contributed by atoms with Gasteiger partial charge in [-0.25, -0.2) is 18.6 Å². The molecular formula is C16H14F2N4O. The number of hydrogen-bond acceptors (Lipinski definition) is 2. The molecule has 1 heterocycles. The van der Waals surface area contributed by atoms with Gasteiger partial charge in [0.05, 0.1) is 16.7 Å². The number of aromatic nitrogens is 2. The van der Waals surface area contributed by atoms with Crippen molar-refractivity contribution in [2.45, 2.75) is 13.5 Å². The van der Waals surface area contributed by atoms with E-state index in [1.54, 1.807) is 0 Å². The zero-order chi connectivity index (χ0) is 16.4. The molecule has 0 aliphatic rings. The molecule has 7 heteroatoms. The first-order chi connectivity index (χ1) is 11.1. The minimum atomic E-state index is -0.843. The van der Waals surface area contributed by atoms with Gasteiger partial charge in [-0.3, -0.25) is 5.32 Å². The third-order valence-corrected chi connectivity index (χ3v) is 3.38. The maximum atomic E-state index is 13.6. The van der Waals surface area contributed by atoms with Gasteiger partial charge in [0, 0.05) is 12.6 Å². The van der Waals surface area contributed by atoms with Gasteiger partial charge in [-0.1, -0.05) is 12.1 Å². The van der Waals surface area contributed by atoms with Crippen LogP contribution in [0.3, 0.4) is 0 Å². The number of carbonyl (C=O) groups is 1. The van der Waals surface area contributed by atoms with Crippen LogP contribution < -0.4 is 10.6 Å². The van der Waals surface area contributed by atoms with Crippen LogP contribution in [0.4, 0.5) is 25.2 Å². The molecule has 0 atom stereocenters. The Morgan fingerprint density at radius 2 is 1.96 bits per heavy atom. The number of anilines is 2. The van der Waals surface area contributed by atoms with Crippen molar-refractivity contribution in [3.63, 3.8) is 0 Å². The average molecular weight is 316 g/mol. The Bertz CT molecular complexity index is 876. The lowest BCUT2D eigenvalue weighted by atomic mass is 10.3. The van der Waals surface area contributed by atoms with Gasteiger partial charge in [0.25, 0.3) is 0 Å². The van der Waals surface area contributed by atoms with E-state index >= 15 is 0 Å². The number of nitrogens with one attached hydrogen (secondary N) is 2. The molecule has 3 aromatic rings. The number of nitrogens with zero attached hydrogens (tertiary/aromatic N) is 2. The normalized spacial score (nSPS) is 10.7. The van der Waals surface area contributed by atoms with Crippen molar-refractivity contribution >= 4 is 28.7 Å². The topological polar surface area (TPSA) is 59.0 Å². The number of aryl methyl sites for hydroxylation is 1. The number of urea groups is 1. The maximum absolute atomic E-state index is 13.6. The third kappa shape index (κ3) is 2.98. The third-order valence-electron chi connectivity index (χ3n) is 3.38. The smallest absolute Gasteiger partial charge is 0.310 e. The van der Waals surface area contributed by atoms with Crippen molar-refractivity contribution in [2.24, 2.45) is 0 Å². The second kappa shape index (κ2) is 6.04. The first-order valence-electron chi connectivity index (χ1n) is 7.07. The fraction of sp³-hybridized carbons (Fsp3) is 0.125. The molecular weight excluding hydrogens is 302 g/mol. The highest BCUT2D eigenvalue weighted by molar-refractivity contribution is 5.99. The van der Waals surface area contributed by atoms with E-state index in [4.69, 9.17) is 0 Å². The van der Waals surface area contributed by atoms with E-state index in [9.17, 15) is 13.6 Å². The Labute approximate surface area is 130 Å². The predicted octanol–water partition coefficient (Wildman–Crippen LogP) is 3.98. The van der Waals surface area contributed by atoms with Gasteiger partial charge in [-0.05, 0) is 31.2 Å². The molecule has 0 spiro atoms. The molecule has 0 aliphatic heterocycles. The largest absolute Gasteiger partial charge is 0.326 e. The number of fused-ring (bicyclic) bond motifs is 1. The van der Waals surface area contributed by atoms with Gasteiger partial charge in [-0.2, -0.15) is 0 Å². The van der Waals surface area contributed by atoms with Crippen LogP contribution in [0.2, 0.25) is 0 Å². The van der Waals surface area contributed by atoms with Crippen molar-refractivity contribution < 1.29 is 13.6 Å². The van der Waals surface area contributed by atoms with Crippen molar-refractivity contribution in [3.05, 3.63) is 54.1 Å². The Hall–Kier alpha value is -2.96. The van der Waals surface area contributed by atoms with Crippen molar-refractivity contribution in [3.8, 4) is 0 Å². The highest BCUT2D eigenvalue weighted by Gasteiger charge is 2.13. The minimum absolute atomic E-state index is 0.108. The molecule has 0 aliphatic carbocycles. The minimum Gasteiger partial charge on any atom is -0.310 e. The number of para-hydroxylation sites is 2. The lowest BCUT2D eigenvalue weighted by Gasteiger charge is -2.09. The standard InChI is InChI=1S/C16H14F2N4O/c1-2-22-14-6-4-3-5-13(14)19-15(22)21-16(23)20-12-8-7-10(17)9-11(12)18/h3-9H,2H2,1H3,(H2,19,20,21,23). The monoisotopic (exact) mass is 316 g/mol. The van der Waals surface area contributed by atoms with Crippen LogP contribution in [0, 0.1) is 11.6 Å². The molecule has 0 radical (unpaired) electrons. The van der Waals surface area contributed by atoms with E-state index in [1.165, 1.54) is 0 Å². The quantitative estimate of drug-likeness (QED) is 0.768. The van der Waals surface area contributed by atoms with Gasteiger partial charge >= 0.3 is 6.03 Å². The van der Waals surface area contributed by atoms with Gasteiger partial charge in [-0.15, -0.1) is 0 Å². The number of carbonyl (C=O) groups excluding carboxylic acids is 1. The summed E-state index contributed by atoms with van der Waals surface area (Å²) in [5.41, 5.74) is 1.53. The molecule has 3 rings (SSSR count). The number of halogens is 2. The fourth-order valence-corrected chi connectivity index (χ4v) is 2.34. The Morgan fingerprint density at radius 1 is 1.17 bits per heavy atom. The molecule has 2 amide bonds. The van der Waals surface area contributed by atoms with Crippen LogP contribution in [0.5, 0.6) is 0 Å².